The van der Waals surface area contributed by atoms with Crippen LogP contribution in [0.2, 0.25) is 0 Å². The second-order valence-electron chi connectivity index (χ2n) is 13.8. The third-order valence-corrected chi connectivity index (χ3v) is 10.9. The van der Waals surface area contributed by atoms with Gasteiger partial charge in [-0.3, -0.25) is 4.57 Å². The molecule has 0 saturated carbocycles. The first kappa shape index (κ1) is 25.9. The van der Waals surface area contributed by atoms with Gasteiger partial charge in [0.15, 0.2) is 5.58 Å². The Labute approximate surface area is 267 Å². The van der Waals surface area contributed by atoms with Crippen LogP contribution in [0.4, 0.5) is 0 Å². The lowest BCUT2D eigenvalue weighted by molar-refractivity contribution is 0.508. The zero-order chi connectivity index (χ0) is 30.8. The summed E-state index contributed by atoms with van der Waals surface area (Å²) >= 11 is 0. The van der Waals surface area contributed by atoms with E-state index in [4.69, 9.17) is 9.40 Å². The maximum absolute atomic E-state index is 6.53. The number of aromatic nitrogens is 2. The molecule has 0 N–H and O–H groups in total. The van der Waals surface area contributed by atoms with E-state index in [-0.39, 0.29) is 10.8 Å². The lowest BCUT2D eigenvalue weighted by Crippen LogP contribution is -2.31. The molecule has 220 valence electrons. The number of hydrogen-bond acceptors (Lipinski definition) is 2. The molecule has 0 fully saturated rings. The molecule has 3 nitrogen and oxygen atoms in total. The Bertz CT molecular complexity index is 2600. The van der Waals surface area contributed by atoms with Crippen LogP contribution in [0.3, 0.4) is 0 Å². The van der Waals surface area contributed by atoms with Crippen molar-refractivity contribution in [3.63, 3.8) is 0 Å². The van der Waals surface area contributed by atoms with Crippen molar-refractivity contribution in [3.05, 3.63) is 149 Å². The van der Waals surface area contributed by atoms with Crippen LogP contribution in [0.5, 0.6) is 0 Å². The third kappa shape index (κ3) is 3.25. The third-order valence-electron chi connectivity index (χ3n) is 10.9. The zero-order valence-electron chi connectivity index (χ0n) is 26.1. The van der Waals surface area contributed by atoms with E-state index in [2.05, 4.69) is 147 Å². The van der Waals surface area contributed by atoms with Gasteiger partial charge in [-0.2, -0.15) is 0 Å². The van der Waals surface area contributed by atoms with Gasteiger partial charge in [-0.1, -0.05) is 130 Å². The van der Waals surface area contributed by atoms with Gasteiger partial charge in [-0.05, 0) is 52.3 Å². The predicted molar refractivity (Wildman–Crippen MR) is 190 cm³/mol. The van der Waals surface area contributed by atoms with Crippen LogP contribution < -0.4 is 0 Å². The van der Waals surface area contributed by atoms with E-state index in [9.17, 15) is 0 Å². The molecule has 0 amide bonds. The molecule has 0 saturated heterocycles. The summed E-state index contributed by atoms with van der Waals surface area (Å²) in [5.74, 6) is 0.911. The number of hydrogen-bond donors (Lipinski definition) is 0. The molecule has 1 atom stereocenters. The molecule has 0 bridgehead atoms. The lowest BCUT2D eigenvalue weighted by atomic mass is 9.68. The van der Waals surface area contributed by atoms with Crippen molar-refractivity contribution in [1.29, 1.82) is 0 Å². The van der Waals surface area contributed by atoms with Gasteiger partial charge in [0.2, 0.25) is 0 Å². The van der Waals surface area contributed by atoms with Crippen molar-refractivity contribution in [2.45, 2.75) is 38.0 Å². The molecule has 8 aromatic rings. The summed E-state index contributed by atoms with van der Waals surface area (Å²) in [5.41, 5.74) is 11.6. The van der Waals surface area contributed by atoms with Gasteiger partial charge in [-0.25, -0.2) is 4.98 Å². The van der Waals surface area contributed by atoms with Crippen LogP contribution in [-0.4, -0.2) is 9.55 Å². The normalized spacial score (nSPS) is 18.2. The van der Waals surface area contributed by atoms with Crippen molar-refractivity contribution in [2.24, 2.45) is 0 Å². The van der Waals surface area contributed by atoms with Crippen LogP contribution in [0.25, 0.3) is 66.8 Å². The number of para-hydroxylation sites is 1. The summed E-state index contributed by atoms with van der Waals surface area (Å²) < 4.78 is 8.98. The van der Waals surface area contributed by atoms with Crippen LogP contribution in [0.15, 0.2) is 131 Å². The minimum Gasteiger partial charge on any atom is -0.454 e. The summed E-state index contributed by atoms with van der Waals surface area (Å²) in [6.07, 6.45) is 3.45. The summed E-state index contributed by atoms with van der Waals surface area (Å²) in [6, 6.07) is 43.5. The average molecular weight is 593 g/mol. The largest absolute Gasteiger partial charge is 0.454 e. The summed E-state index contributed by atoms with van der Waals surface area (Å²) in [6.45, 7) is 7.24. The van der Waals surface area contributed by atoms with Gasteiger partial charge >= 0.3 is 0 Å². The Hall–Kier alpha value is -5.41. The molecule has 5 aromatic carbocycles. The van der Waals surface area contributed by atoms with E-state index in [0.717, 1.165) is 45.4 Å². The summed E-state index contributed by atoms with van der Waals surface area (Å²) in [4.78, 5) is 5.49. The van der Waals surface area contributed by atoms with Gasteiger partial charge in [0.05, 0.1) is 11.2 Å². The number of fused-ring (bicyclic) bond motifs is 11. The first-order valence-corrected chi connectivity index (χ1v) is 16.2. The number of pyridine rings is 1. The Kier molecular flexibility index (Phi) is 4.98. The van der Waals surface area contributed by atoms with Gasteiger partial charge in [0, 0.05) is 37.9 Å². The Balaban J connectivity index is 1.36. The standard InChI is InChI=1S/C43H32N2O/c1-42(2)33-18-10-11-19-34(33)43(3)25-32-30-22-21-26-13-7-8-16-28(26)40(30)45(35(32)24-37(42)43)38-23-31-29-17-9-12-20-36(29)46-41(31)39(44-38)27-14-5-4-6-15-27/h4-24H,25H2,1-3H3. The van der Waals surface area contributed by atoms with Crippen molar-refractivity contribution in [2.75, 3.05) is 0 Å². The van der Waals surface area contributed by atoms with E-state index in [1.165, 1.54) is 49.6 Å². The molecule has 3 heteroatoms. The number of rotatable bonds is 2. The van der Waals surface area contributed by atoms with Crippen LogP contribution in [-0.2, 0) is 17.3 Å². The fourth-order valence-electron chi connectivity index (χ4n) is 8.84. The van der Waals surface area contributed by atoms with Gasteiger partial charge in [0.1, 0.15) is 17.1 Å². The Morgan fingerprint density at radius 3 is 2.24 bits per heavy atom. The van der Waals surface area contributed by atoms with E-state index < -0.39 is 0 Å². The predicted octanol–water partition coefficient (Wildman–Crippen LogP) is 10.9. The molecule has 1 unspecified atom stereocenters. The number of allylic oxidation sites excluding steroid dienone is 1. The molecule has 2 aliphatic rings. The molecule has 2 aliphatic carbocycles. The van der Waals surface area contributed by atoms with E-state index in [1.807, 2.05) is 6.07 Å². The minimum atomic E-state index is -0.0836. The summed E-state index contributed by atoms with van der Waals surface area (Å²) in [5, 5.41) is 5.95. The lowest BCUT2D eigenvalue weighted by Gasteiger charge is -2.36. The molecule has 3 heterocycles. The highest BCUT2D eigenvalue weighted by molar-refractivity contribution is 6.12. The fraction of sp³-hybridized carbons (Fsp3) is 0.140. The van der Waals surface area contributed by atoms with Crippen LogP contribution in [0, 0.1) is 0 Å². The topological polar surface area (TPSA) is 31.0 Å². The van der Waals surface area contributed by atoms with E-state index in [1.54, 1.807) is 0 Å². The van der Waals surface area contributed by atoms with Crippen molar-refractivity contribution >= 4 is 49.7 Å². The molecule has 0 spiro atoms. The SMILES string of the molecule is CC1(C)C2=Cc3c(c4ccc5ccccc5c4n3-c3cc4c(oc5ccccc54)c(-c4ccccc4)n3)CC2(C)c2ccccc21. The highest BCUT2D eigenvalue weighted by Gasteiger charge is 2.51. The first-order chi connectivity index (χ1) is 22.4. The highest BCUT2D eigenvalue weighted by Crippen LogP contribution is 2.58. The smallest absolute Gasteiger partial charge is 0.161 e. The van der Waals surface area contributed by atoms with Crippen molar-refractivity contribution in [3.8, 4) is 17.1 Å². The maximum atomic E-state index is 6.53. The highest BCUT2D eigenvalue weighted by atomic mass is 16.3. The molecule has 3 aromatic heterocycles. The Morgan fingerprint density at radius 1 is 0.674 bits per heavy atom. The van der Waals surface area contributed by atoms with Crippen molar-refractivity contribution < 1.29 is 4.42 Å². The quantitative estimate of drug-likeness (QED) is 0.200. The number of nitrogens with zero attached hydrogens (tertiary/aromatic N) is 2. The van der Waals surface area contributed by atoms with Crippen LogP contribution >= 0.6 is 0 Å². The monoisotopic (exact) mass is 592 g/mol. The van der Waals surface area contributed by atoms with Gasteiger partial charge < -0.3 is 4.42 Å². The van der Waals surface area contributed by atoms with E-state index >= 15 is 0 Å². The molecule has 0 radical (unpaired) electrons. The Morgan fingerprint density at radius 2 is 1.39 bits per heavy atom. The maximum Gasteiger partial charge on any atom is 0.161 e. The number of furan rings is 1. The van der Waals surface area contributed by atoms with E-state index in [0.29, 0.717) is 0 Å². The van der Waals surface area contributed by atoms with Crippen molar-refractivity contribution in [1.82, 2.24) is 9.55 Å². The van der Waals surface area contributed by atoms with Gasteiger partial charge in [-0.15, -0.1) is 0 Å². The minimum absolute atomic E-state index is 0.0782. The van der Waals surface area contributed by atoms with Gasteiger partial charge in [0.25, 0.3) is 0 Å². The molecule has 0 aliphatic heterocycles. The van der Waals surface area contributed by atoms with Crippen LogP contribution in [0.1, 0.15) is 43.2 Å². The number of benzene rings is 5. The molecular weight excluding hydrogens is 560 g/mol. The second kappa shape index (κ2) is 8.86. The first-order valence-electron chi connectivity index (χ1n) is 16.2. The average Bonchev–Trinajstić information content (AvgIpc) is 3.68. The fourth-order valence-corrected chi connectivity index (χ4v) is 8.84. The zero-order valence-corrected chi connectivity index (χ0v) is 26.1. The molecule has 10 rings (SSSR count). The molecule has 46 heavy (non-hydrogen) atoms. The second-order valence-corrected chi connectivity index (χ2v) is 13.8. The summed E-state index contributed by atoms with van der Waals surface area (Å²) in [7, 11) is 0. The molecular formula is C43H32N2O.